The second kappa shape index (κ2) is 8.72. The average Bonchev–Trinajstić information content (AvgIpc) is 3.52. The van der Waals surface area contributed by atoms with Gasteiger partial charge in [-0.2, -0.15) is 10.1 Å². The van der Waals surface area contributed by atoms with Gasteiger partial charge in [-0.15, -0.1) is 0 Å². The van der Waals surface area contributed by atoms with Crippen molar-refractivity contribution in [3.63, 3.8) is 0 Å². The van der Waals surface area contributed by atoms with Crippen molar-refractivity contribution in [2.75, 3.05) is 20.2 Å². The molecule has 0 unspecified atom stereocenters. The Balaban J connectivity index is 1.43. The van der Waals surface area contributed by atoms with E-state index in [1.165, 1.54) is 13.2 Å². The lowest BCUT2D eigenvalue weighted by Crippen LogP contribution is -2.20. The van der Waals surface area contributed by atoms with Crippen LogP contribution in [0.3, 0.4) is 0 Å². The van der Waals surface area contributed by atoms with Gasteiger partial charge in [0.25, 0.3) is 0 Å². The molecule has 0 radical (unpaired) electrons. The molecule has 1 atom stereocenters. The number of nitrogens with one attached hydrogen (secondary N) is 1. The lowest BCUT2D eigenvalue weighted by molar-refractivity contribution is 0.214. The number of nitrogens with zero attached hydrogens (tertiary/aromatic N) is 5. The summed E-state index contributed by atoms with van der Waals surface area (Å²) in [5, 5.41) is 7.69. The molecule has 4 heterocycles. The molecule has 1 aromatic carbocycles. The molecular weight excluding hydrogens is 411 g/mol. The fraction of sp³-hybridized carbons (Fsp3) is 0.217. The highest BCUT2D eigenvalue weighted by Crippen LogP contribution is 2.31. The molecule has 0 amide bonds. The molecule has 9 heteroatoms. The fourth-order valence-electron chi connectivity index (χ4n) is 3.61. The fourth-order valence-corrected chi connectivity index (χ4v) is 3.61. The predicted molar refractivity (Wildman–Crippen MR) is 116 cm³/mol. The van der Waals surface area contributed by atoms with Crippen LogP contribution in [0, 0.1) is 5.82 Å². The lowest BCUT2D eigenvalue weighted by Gasteiger charge is -2.12. The molecule has 1 aliphatic rings. The van der Waals surface area contributed by atoms with E-state index < -0.39 is 5.82 Å². The van der Waals surface area contributed by atoms with Crippen LogP contribution >= 0.6 is 0 Å². The third-order valence-corrected chi connectivity index (χ3v) is 5.20. The van der Waals surface area contributed by atoms with Gasteiger partial charge < -0.3 is 14.8 Å². The van der Waals surface area contributed by atoms with Crippen molar-refractivity contribution < 1.29 is 13.9 Å². The van der Waals surface area contributed by atoms with Crippen molar-refractivity contribution in [2.24, 2.45) is 0 Å². The summed E-state index contributed by atoms with van der Waals surface area (Å²) in [5.74, 6) is 1.35. The van der Waals surface area contributed by atoms with Crippen molar-refractivity contribution in [1.82, 2.24) is 30.0 Å². The average molecular weight is 432 g/mol. The Morgan fingerprint density at radius 1 is 1.12 bits per heavy atom. The van der Waals surface area contributed by atoms with Crippen LogP contribution in [0.5, 0.6) is 11.6 Å². The Morgan fingerprint density at radius 3 is 2.88 bits per heavy atom. The van der Waals surface area contributed by atoms with Crippen molar-refractivity contribution in [3.05, 3.63) is 66.9 Å². The Bertz CT molecular complexity index is 1240. The van der Waals surface area contributed by atoms with Gasteiger partial charge in [-0.1, -0.05) is 12.1 Å². The van der Waals surface area contributed by atoms with Crippen LogP contribution in [0.15, 0.2) is 61.1 Å². The summed E-state index contributed by atoms with van der Waals surface area (Å²) in [6.45, 7) is 1.77. The highest BCUT2D eigenvalue weighted by Gasteiger charge is 2.18. The minimum atomic E-state index is -0.448. The summed E-state index contributed by atoms with van der Waals surface area (Å²) in [6.07, 6.45) is 6.17. The van der Waals surface area contributed by atoms with Gasteiger partial charge in [0.2, 0.25) is 5.88 Å². The molecule has 1 N–H and O–H groups in total. The van der Waals surface area contributed by atoms with E-state index in [-0.39, 0.29) is 17.5 Å². The lowest BCUT2D eigenvalue weighted by atomic mass is 10.1. The third-order valence-electron chi connectivity index (χ3n) is 5.20. The van der Waals surface area contributed by atoms with E-state index in [0.29, 0.717) is 23.1 Å². The zero-order valence-corrected chi connectivity index (χ0v) is 17.4. The van der Waals surface area contributed by atoms with Gasteiger partial charge in [0.1, 0.15) is 17.7 Å². The van der Waals surface area contributed by atoms with Crippen molar-refractivity contribution in [2.45, 2.75) is 12.5 Å². The molecule has 162 valence electrons. The van der Waals surface area contributed by atoms with Crippen LogP contribution in [0.4, 0.5) is 4.39 Å². The van der Waals surface area contributed by atoms with Crippen LogP contribution < -0.4 is 14.8 Å². The number of benzene rings is 1. The van der Waals surface area contributed by atoms with Gasteiger partial charge in [0.15, 0.2) is 11.6 Å². The minimum Gasteiger partial charge on any atom is -0.496 e. The number of pyridine rings is 1. The van der Waals surface area contributed by atoms with E-state index in [0.717, 1.165) is 25.1 Å². The molecule has 1 saturated heterocycles. The van der Waals surface area contributed by atoms with Gasteiger partial charge in [0, 0.05) is 30.6 Å². The summed E-state index contributed by atoms with van der Waals surface area (Å²) in [6, 6.07) is 11.9. The van der Waals surface area contributed by atoms with Crippen LogP contribution in [0.1, 0.15) is 6.42 Å². The zero-order valence-electron chi connectivity index (χ0n) is 17.4. The molecule has 5 rings (SSSR count). The number of ether oxygens (including phenoxy) is 2. The first-order chi connectivity index (χ1) is 15.7. The Labute approximate surface area is 184 Å². The van der Waals surface area contributed by atoms with Crippen LogP contribution in [-0.4, -0.2) is 51.0 Å². The van der Waals surface area contributed by atoms with Crippen molar-refractivity contribution in [1.29, 1.82) is 0 Å². The zero-order chi connectivity index (χ0) is 21.9. The van der Waals surface area contributed by atoms with E-state index in [4.69, 9.17) is 9.47 Å². The van der Waals surface area contributed by atoms with Crippen molar-refractivity contribution in [3.8, 4) is 40.1 Å². The Kier molecular flexibility index (Phi) is 5.47. The second-order valence-corrected chi connectivity index (χ2v) is 7.32. The minimum absolute atomic E-state index is 0.126. The first-order valence-corrected chi connectivity index (χ1v) is 10.3. The van der Waals surface area contributed by atoms with Crippen molar-refractivity contribution >= 4 is 0 Å². The number of hydrogen-bond acceptors (Lipinski definition) is 7. The molecule has 1 aliphatic heterocycles. The molecule has 3 aromatic heterocycles. The van der Waals surface area contributed by atoms with Crippen LogP contribution in [0.25, 0.3) is 28.5 Å². The number of aromatic nitrogens is 5. The van der Waals surface area contributed by atoms with Crippen LogP contribution in [0.2, 0.25) is 0 Å². The number of halogens is 1. The molecule has 0 bridgehead atoms. The maximum absolute atomic E-state index is 14.5. The smallest absolute Gasteiger partial charge is 0.215 e. The third kappa shape index (κ3) is 4.02. The van der Waals surface area contributed by atoms with Gasteiger partial charge >= 0.3 is 0 Å². The topological polar surface area (TPSA) is 87.0 Å². The standard InChI is InChI=1S/C23H21FN6O2/c1-31-19-5-2-4-17(24)22(19)23-26-11-9-18(28-23)15-12-27-30(14-15)20-6-3-7-21(29-20)32-16-8-10-25-13-16/h2-7,9,11-12,14,16,25H,8,10,13H2,1H3/t16-/m1/s1. The molecule has 0 spiro atoms. The predicted octanol–water partition coefficient (Wildman–Crippen LogP) is 3.28. The normalized spacial score (nSPS) is 15.6. The summed E-state index contributed by atoms with van der Waals surface area (Å²) in [4.78, 5) is 13.3. The highest BCUT2D eigenvalue weighted by molar-refractivity contribution is 5.68. The second-order valence-electron chi connectivity index (χ2n) is 7.32. The van der Waals surface area contributed by atoms with Gasteiger partial charge in [-0.3, -0.25) is 0 Å². The molecule has 0 aliphatic carbocycles. The van der Waals surface area contributed by atoms with Crippen LogP contribution in [-0.2, 0) is 0 Å². The summed E-state index contributed by atoms with van der Waals surface area (Å²) < 4.78 is 27.3. The largest absolute Gasteiger partial charge is 0.496 e. The Hall–Kier alpha value is -3.85. The molecule has 4 aromatic rings. The first-order valence-electron chi connectivity index (χ1n) is 10.3. The van der Waals surface area contributed by atoms with E-state index in [1.54, 1.807) is 35.3 Å². The SMILES string of the molecule is COc1cccc(F)c1-c1nccc(-c2cnn(-c3cccc(O[C@@H]4CCNC4)n3)c2)n1. The molecule has 1 fully saturated rings. The maximum atomic E-state index is 14.5. The summed E-state index contributed by atoms with van der Waals surface area (Å²) in [5.41, 5.74) is 1.57. The molecule has 0 saturated carbocycles. The van der Waals surface area contributed by atoms with Gasteiger partial charge in [0.05, 0.1) is 24.6 Å². The number of hydrogen-bond donors (Lipinski definition) is 1. The van der Waals surface area contributed by atoms with E-state index in [2.05, 4.69) is 25.4 Å². The molecule has 8 nitrogen and oxygen atoms in total. The van der Waals surface area contributed by atoms with E-state index in [9.17, 15) is 4.39 Å². The highest BCUT2D eigenvalue weighted by atomic mass is 19.1. The van der Waals surface area contributed by atoms with Gasteiger partial charge in [-0.05, 0) is 37.2 Å². The number of rotatable bonds is 6. The van der Waals surface area contributed by atoms with Gasteiger partial charge in [-0.25, -0.2) is 19.0 Å². The molecule has 32 heavy (non-hydrogen) atoms. The van der Waals surface area contributed by atoms with E-state index >= 15 is 0 Å². The monoisotopic (exact) mass is 432 g/mol. The first kappa shape index (κ1) is 20.1. The van der Waals surface area contributed by atoms with E-state index in [1.807, 2.05) is 24.4 Å². The maximum Gasteiger partial charge on any atom is 0.215 e. The summed E-state index contributed by atoms with van der Waals surface area (Å²) >= 11 is 0. The molecular formula is C23H21FN6O2. The number of methoxy groups -OCH3 is 1. The Morgan fingerprint density at radius 2 is 2.03 bits per heavy atom. The quantitative estimate of drug-likeness (QED) is 0.500. The summed E-state index contributed by atoms with van der Waals surface area (Å²) in [7, 11) is 1.49.